The summed E-state index contributed by atoms with van der Waals surface area (Å²) in [5, 5.41) is 10.3. The zero-order chi connectivity index (χ0) is 18.7. The lowest BCUT2D eigenvalue weighted by Crippen LogP contribution is -2.33. The number of hydrogen-bond donors (Lipinski definition) is 1. The molecule has 0 aromatic rings. The molecule has 2 rings (SSSR count). The van der Waals surface area contributed by atoms with E-state index in [2.05, 4.69) is 6.58 Å². The Morgan fingerprint density at radius 1 is 1.44 bits per heavy atom. The minimum Gasteiger partial charge on any atom is -0.459 e. The van der Waals surface area contributed by atoms with Gasteiger partial charge in [0, 0.05) is 17.1 Å². The van der Waals surface area contributed by atoms with Crippen LogP contribution < -0.4 is 0 Å². The normalized spacial score (nSPS) is 34.0. The highest BCUT2D eigenvalue weighted by molar-refractivity contribution is 5.91. The average Bonchev–Trinajstić information content (AvgIpc) is 2.79. The second-order valence-electron chi connectivity index (χ2n) is 7.24. The fourth-order valence-electron chi connectivity index (χ4n) is 3.44. The van der Waals surface area contributed by atoms with Gasteiger partial charge >= 0.3 is 11.9 Å². The van der Waals surface area contributed by atoms with Gasteiger partial charge in [-0.2, -0.15) is 0 Å². The van der Waals surface area contributed by atoms with Crippen LogP contribution in [-0.4, -0.2) is 35.4 Å². The summed E-state index contributed by atoms with van der Waals surface area (Å²) >= 11 is 0. The third-order valence-electron chi connectivity index (χ3n) is 5.13. The van der Waals surface area contributed by atoms with Crippen LogP contribution >= 0.6 is 0 Å². The van der Waals surface area contributed by atoms with Crippen molar-refractivity contribution < 1.29 is 24.2 Å². The molecule has 1 fully saturated rings. The number of carbonyl (C=O) groups is 2. The Bertz CT molecular complexity index is 616. The molecule has 2 aliphatic rings. The molecule has 25 heavy (non-hydrogen) atoms. The van der Waals surface area contributed by atoms with Crippen molar-refractivity contribution in [2.75, 3.05) is 0 Å². The third kappa shape index (κ3) is 4.60. The van der Waals surface area contributed by atoms with E-state index in [1.54, 1.807) is 19.9 Å². The van der Waals surface area contributed by atoms with Gasteiger partial charge in [-0.25, -0.2) is 9.59 Å². The van der Waals surface area contributed by atoms with Gasteiger partial charge in [0.1, 0.15) is 12.2 Å². The van der Waals surface area contributed by atoms with Crippen LogP contribution in [0.5, 0.6) is 0 Å². The SMILES string of the molecule is C=C1C(=O)O[C@@H]2C=C(C)C[C@H](O)C[C@@H](C)[C@@H](OC(=O)C(C)=CC)C[C@@H]12. The van der Waals surface area contributed by atoms with Crippen LogP contribution in [0.1, 0.15) is 47.0 Å². The topological polar surface area (TPSA) is 72.8 Å². The molecule has 0 aromatic heterocycles. The molecule has 0 unspecified atom stereocenters. The molecule has 0 radical (unpaired) electrons. The molecule has 1 aliphatic heterocycles. The van der Waals surface area contributed by atoms with Crippen molar-refractivity contribution in [3.63, 3.8) is 0 Å². The number of aliphatic hydroxyl groups excluding tert-OH is 1. The first-order valence-electron chi connectivity index (χ1n) is 8.82. The van der Waals surface area contributed by atoms with Crippen LogP contribution in [0.25, 0.3) is 0 Å². The van der Waals surface area contributed by atoms with Crippen LogP contribution in [0.4, 0.5) is 0 Å². The minimum atomic E-state index is -0.521. The van der Waals surface area contributed by atoms with E-state index in [0.29, 0.717) is 30.4 Å². The van der Waals surface area contributed by atoms with Gasteiger partial charge in [-0.1, -0.05) is 25.2 Å². The Hall–Kier alpha value is -1.88. The Morgan fingerprint density at radius 2 is 2.12 bits per heavy atom. The fraction of sp³-hybridized carbons (Fsp3) is 0.600. The fourth-order valence-corrected chi connectivity index (χ4v) is 3.44. The molecule has 1 aliphatic carbocycles. The Kier molecular flexibility index (Phi) is 6.22. The molecule has 5 heteroatoms. The smallest absolute Gasteiger partial charge is 0.334 e. The van der Waals surface area contributed by atoms with Gasteiger partial charge in [0.2, 0.25) is 0 Å². The van der Waals surface area contributed by atoms with Crippen LogP contribution in [0, 0.1) is 11.8 Å². The van der Waals surface area contributed by atoms with Crippen molar-refractivity contribution in [2.45, 2.75) is 65.3 Å². The van der Waals surface area contributed by atoms with E-state index < -0.39 is 24.3 Å². The molecule has 0 spiro atoms. The maximum atomic E-state index is 12.2. The summed E-state index contributed by atoms with van der Waals surface area (Å²) in [4.78, 5) is 24.2. The molecule has 5 nitrogen and oxygen atoms in total. The number of carbonyl (C=O) groups excluding carboxylic acids is 2. The average molecular weight is 348 g/mol. The maximum Gasteiger partial charge on any atom is 0.334 e. The quantitative estimate of drug-likeness (QED) is 0.472. The van der Waals surface area contributed by atoms with Crippen molar-refractivity contribution in [3.8, 4) is 0 Å². The summed E-state index contributed by atoms with van der Waals surface area (Å²) in [6.07, 6.45) is 3.73. The van der Waals surface area contributed by atoms with Crippen LogP contribution in [0.3, 0.4) is 0 Å². The van der Waals surface area contributed by atoms with Gasteiger partial charge in [-0.05, 0) is 52.0 Å². The van der Waals surface area contributed by atoms with Crippen molar-refractivity contribution in [1.29, 1.82) is 0 Å². The number of fused-ring (bicyclic) bond motifs is 1. The number of aliphatic hydroxyl groups is 1. The van der Waals surface area contributed by atoms with Gasteiger partial charge in [0.15, 0.2) is 0 Å². The summed E-state index contributed by atoms with van der Waals surface area (Å²) in [6, 6.07) is 0. The number of allylic oxidation sites excluding steroid dienone is 1. The molecule has 1 heterocycles. The highest BCUT2D eigenvalue weighted by atomic mass is 16.6. The first-order valence-corrected chi connectivity index (χ1v) is 8.82. The molecule has 0 aromatic carbocycles. The highest BCUT2D eigenvalue weighted by Gasteiger charge is 2.41. The predicted molar refractivity (Wildman–Crippen MR) is 94.6 cm³/mol. The standard InChI is InChI=1S/C20H28O5/c1-6-12(3)19(22)24-17-10-16-14(5)20(23)25-18(16)8-11(2)7-15(21)9-13(17)4/h6,8,13,15-18,21H,5,7,9-10H2,1-4H3/t13-,15+,16+,17+,18-/m1/s1. The highest BCUT2D eigenvalue weighted by Crippen LogP contribution is 2.36. The number of hydrogen-bond acceptors (Lipinski definition) is 5. The lowest BCUT2D eigenvalue weighted by Gasteiger charge is -2.30. The number of esters is 2. The molecule has 0 bridgehead atoms. The second kappa shape index (κ2) is 8.00. The van der Waals surface area contributed by atoms with Crippen molar-refractivity contribution in [3.05, 3.63) is 35.5 Å². The van der Waals surface area contributed by atoms with Crippen molar-refractivity contribution in [2.24, 2.45) is 11.8 Å². The lowest BCUT2D eigenvalue weighted by atomic mass is 9.82. The number of rotatable bonds is 2. The molecule has 1 N–H and O–H groups in total. The first-order chi connectivity index (χ1) is 11.7. The summed E-state index contributed by atoms with van der Waals surface area (Å²) in [6.45, 7) is 11.2. The van der Waals surface area contributed by atoms with E-state index in [0.717, 1.165) is 5.57 Å². The number of ether oxygens (including phenoxy) is 2. The summed E-state index contributed by atoms with van der Waals surface area (Å²) in [5.74, 6) is -1.03. The van der Waals surface area contributed by atoms with E-state index in [1.807, 2.05) is 19.9 Å². The minimum absolute atomic E-state index is 0.0429. The lowest BCUT2D eigenvalue weighted by molar-refractivity contribution is -0.149. The zero-order valence-corrected chi connectivity index (χ0v) is 15.5. The molecular weight excluding hydrogens is 320 g/mol. The van der Waals surface area contributed by atoms with Crippen molar-refractivity contribution >= 4 is 11.9 Å². The van der Waals surface area contributed by atoms with Crippen LogP contribution in [0.2, 0.25) is 0 Å². The van der Waals surface area contributed by atoms with E-state index in [-0.39, 0.29) is 17.8 Å². The van der Waals surface area contributed by atoms with Gasteiger partial charge in [0.05, 0.1) is 6.10 Å². The molecule has 0 saturated carbocycles. The van der Waals surface area contributed by atoms with Gasteiger partial charge in [-0.15, -0.1) is 0 Å². The van der Waals surface area contributed by atoms with E-state index in [9.17, 15) is 14.7 Å². The van der Waals surface area contributed by atoms with Crippen molar-refractivity contribution in [1.82, 2.24) is 0 Å². The second-order valence-corrected chi connectivity index (χ2v) is 7.24. The first kappa shape index (κ1) is 19.4. The summed E-state index contributed by atoms with van der Waals surface area (Å²) in [5.41, 5.74) is 1.94. The van der Waals surface area contributed by atoms with Gasteiger partial charge < -0.3 is 14.6 Å². The van der Waals surface area contributed by atoms with E-state index >= 15 is 0 Å². The van der Waals surface area contributed by atoms with Gasteiger partial charge in [-0.3, -0.25) is 0 Å². The molecule has 138 valence electrons. The van der Waals surface area contributed by atoms with E-state index in [1.165, 1.54) is 0 Å². The summed E-state index contributed by atoms with van der Waals surface area (Å²) < 4.78 is 11.1. The van der Waals surface area contributed by atoms with Gasteiger partial charge in [0.25, 0.3) is 0 Å². The third-order valence-corrected chi connectivity index (χ3v) is 5.13. The largest absolute Gasteiger partial charge is 0.459 e. The molecular formula is C20H28O5. The molecule has 0 amide bonds. The molecule has 5 atom stereocenters. The monoisotopic (exact) mass is 348 g/mol. The Balaban J connectivity index is 2.31. The van der Waals surface area contributed by atoms with E-state index in [4.69, 9.17) is 9.47 Å². The predicted octanol–water partition coefficient (Wildman–Crippen LogP) is 3.09. The van der Waals surface area contributed by atoms with Crippen LogP contribution in [-0.2, 0) is 19.1 Å². The summed E-state index contributed by atoms with van der Waals surface area (Å²) in [7, 11) is 0. The Labute approximate surface area is 149 Å². The Morgan fingerprint density at radius 3 is 2.76 bits per heavy atom. The maximum absolute atomic E-state index is 12.2. The van der Waals surface area contributed by atoms with Crippen LogP contribution in [0.15, 0.2) is 35.5 Å². The molecule has 1 saturated heterocycles. The zero-order valence-electron chi connectivity index (χ0n) is 15.5.